The van der Waals surface area contributed by atoms with Crippen molar-refractivity contribution in [2.24, 2.45) is 5.73 Å². The molecule has 1 saturated heterocycles. The van der Waals surface area contributed by atoms with Gasteiger partial charge >= 0.3 is 0 Å². The molecule has 0 aromatic heterocycles. The zero-order valence-corrected chi connectivity index (χ0v) is 12.4. The molecule has 2 unspecified atom stereocenters. The van der Waals surface area contributed by atoms with Crippen molar-refractivity contribution in [3.63, 3.8) is 0 Å². The lowest BCUT2D eigenvalue weighted by Crippen LogP contribution is -2.38. The number of nitrogens with zero attached hydrogens (tertiary/aromatic N) is 1. The van der Waals surface area contributed by atoms with Gasteiger partial charge in [0.05, 0.1) is 6.10 Å². The molecule has 1 aromatic carbocycles. The molecule has 2 atom stereocenters. The number of likely N-dealkylation sites (N-methyl/N-ethyl adjacent to an activating group) is 1. The number of ether oxygens (including phenoxy) is 1. The first kappa shape index (κ1) is 15.4. The zero-order valence-electron chi connectivity index (χ0n) is 12.4. The van der Waals surface area contributed by atoms with E-state index in [0.717, 1.165) is 38.1 Å². The van der Waals surface area contributed by atoms with Crippen LogP contribution in [-0.4, -0.2) is 37.2 Å². The van der Waals surface area contributed by atoms with Gasteiger partial charge in [0.25, 0.3) is 0 Å². The number of benzene rings is 1. The standard InChI is InChI=1S/C16H25FN2O/c1-3-19(11-14-5-4-8-20-14)16(10-18)13-6-7-15(17)12(2)9-13/h6-7,9,14,16H,3-5,8,10-11,18H2,1-2H3. The van der Waals surface area contributed by atoms with Crippen molar-refractivity contribution < 1.29 is 9.13 Å². The quantitative estimate of drug-likeness (QED) is 0.870. The van der Waals surface area contributed by atoms with E-state index in [2.05, 4.69) is 11.8 Å². The van der Waals surface area contributed by atoms with E-state index in [-0.39, 0.29) is 11.9 Å². The van der Waals surface area contributed by atoms with Crippen molar-refractivity contribution in [1.82, 2.24) is 4.90 Å². The second-order valence-electron chi connectivity index (χ2n) is 5.48. The number of halogens is 1. The molecule has 2 rings (SSSR count). The summed E-state index contributed by atoms with van der Waals surface area (Å²) in [6, 6.07) is 5.42. The monoisotopic (exact) mass is 280 g/mol. The van der Waals surface area contributed by atoms with Gasteiger partial charge in [-0.15, -0.1) is 0 Å². The van der Waals surface area contributed by atoms with E-state index in [4.69, 9.17) is 10.5 Å². The average Bonchev–Trinajstić information content (AvgIpc) is 2.95. The van der Waals surface area contributed by atoms with Crippen molar-refractivity contribution in [2.45, 2.75) is 38.8 Å². The summed E-state index contributed by atoms with van der Waals surface area (Å²) in [5, 5.41) is 0. The number of nitrogens with two attached hydrogens (primary N) is 1. The number of aryl methyl sites for hydroxylation is 1. The Morgan fingerprint density at radius 2 is 2.30 bits per heavy atom. The summed E-state index contributed by atoms with van der Waals surface area (Å²) in [4.78, 5) is 2.34. The van der Waals surface area contributed by atoms with E-state index in [0.29, 0.717) is 18.2 Å². The van der Waals surface area contributed by atoms with Gasteiger partial charge in [-0.05, 0) is 43.5 Å². The minimum absolute atomic E-state index is 0.128. The predicted molar refractivity (Wildman–Crippen MR) is 79.2 cm³/mol. The lowest BCUT2D eigenvalue weighted by Gasteiger charge is -2.32. The van der Waals surface area contributed by atoms with Gasteiger partial charge in [0.15, 0.2) is 0 Å². The molecule has 1 aliphatic rings. The third-order valence-electron chi connectivity index (χ3n) is 4.10. The summed E-state index contributed by atoms with van der Waals surface area (Å²) in [6.07, 6.45) is 2.58. The molecule has 112 valence electrons. The van der Waals surface area contributed by atoms with Crippen LogP contribution in [0, 0.1) is 12.7 Å². The topological polar surface area (TPSA) is 38.5 Å². The van der Waals surface area contributed by atoms with E-state index in [1.807, 2.05) is 12.1 Å². The highest BCUT2D eigenvalue weighted by Crippen LogP contribution is 2.24. The van der Waals surface area contributed by atoms with E-state index >= 15 is 0 Å². The van der Waals surface area contributed by atoms with E-state index in [9.17, 15) is 4.39 Å². The Hall–Kier alpha value is -0.970. The van der Waals surface area contributed by atoms with Crippen molar-refractivity contribution in [1.29, 1.82) is 0 Å². The van der Waals surface area contributed by atoms with E-state index in [1.54, 1.807) is 6.92 Å². The third kappa shape index (κ3) is 3.57. The molecule has 1 aliphatic heterocycles. The first-order valence-corrected chi connectivity index (χ1v) is 7.47. The van der Waals surface area contributed by atoms with Gasteiger partial charge in [-0.2, -0.15) is 0 Å². The highest BCUT2D eigenvalue weighted by atomic mass is 19.1. The van der Waals surface area contributed by atoms with Crippen molar-refractivity contribution >= 4 is 0 Å². The van der Waals surface area contributed by atoms with Crippen molar-refractivity contribution in [3.8, 4) is 0 Å². The van der Waals surface area contributed by atoms with Gasteiger partial charge in [-0.1, -0.05) is 19.1 Å². The maximum atomic E-state index is 13.4. The summed E-state index contributed by atoms with van der Waals surface area (Å²) in [6.45, 7) is 7.14. The molecular formula is C16H25FN2O. The summed E-state index contributed by atoms with van der Waals surface area (Å²) >= 11 is 0. The minimum atomic E-state index is -0.160. The Morgan fingerprint density at radius 1 is 1.50 bits per heavy atom. The van der Waals surface area contributed by atoms with Crippen LogP contribution in [0.3, 0.4) is 0 Å². The van der Waals surface area contributed by atoms with Crippen molar-refractivity contribution in [2.75, 3.05) is 26.2 Å². The molecule has 0 bridgehead atoms. The number of hydrogen-bond acceptors (Lipinski definition) is 3. The molecule has 1 heterocycles. The molecule has 0 aliphatic carbocycles. The maximum Gasteiger partial charge on any atom is 0.126 e. The molecule has 4 heteroatoms. The smallest absolute Gasteiger partial charge is 0.126 e. The maximum absolute atomic E-state index is 13.4. The molecule has 0 spiro atoms. The highest BCUT2D eigenvalue weighted by molar-refractivity contribution is 5.27. The second kappa shape index (κ2) is 7.16. The number of rotatable bonds is 6. The summed E-state index contributed by atoms with van der Waals surface area (Å²) in [5.74, 6) is -0.160. The van der Waals surface area contributed by atoms with Gasteiger partial charge in [-0.25, -0.2) is 4.39 Å². The molecule has 1 aromatic rings. The Bertz CT molecular complexity index is 432. The van der Waals surface area contributed by atoms with Crippen LogP contribution in [0.2, 0.25) is 0 Å². The normalized spacial score (nSPS) is 20.6. The fourth-order valence-corrected chi connectivity index (χ4v) is 2.90. The first-order valence-electron chi connectivity index (χ1n) is 7.47. The van der Waals surface area contributed by atoms with Crippen LogP contribution in [-0.2, 0) is 4.74 Å². The summed E-state index contributed by atoms with van der Waals surface area (Å²) in [7, 11) is 0. The second-order valence-corrected chi connectivity index (χ2v) is 5.48. The zero-order chi connectivity index (χ0) is 14.5. The predicted octanol–water partition coefficient (Wildman–Crippen LogP) is 2.63. The van der Waals surface area contributed by atoms with Crippen molar-refractivity contribution in [3.05, 3.63) is 35.1 Å². The Balaban J connectivity index is 2.12. The van der Waals surface area contributed by atoms with Crippen LogP contribution in [0.15, 0.2) is 18.2 Å². The van der Waals surface area contributed by atoms with Gasteiger partial charge in [-0.3, -0.25) is 4.90 Å². The third-order valence-corrected chi connectivity index (χ3v) is 4.10. The minimum Gasteiger partial charge on any atom is -0.377 e. The van der Waals surface area contributed by atoms with Crippen LogP contribution < -0.4 is 5.73 Å². The largest absolute Gasteiger partial charge is 0.377 e. The molecule has 0 amide bonds. The molecule has 2 N–H and O–H groups in total. The summed E-state index contributed by atoms with van der Waals surface area (Å²) < 4.78 is 19.1. The Labute approximate surface area is 120 Å². The average molecular weight is 280 g/mol. The lowest BCUT2D eigenvalue weighted by atomic mass is 10.0. The molecule has 1 fully saturated rings. The SMILES string of the molecule is CCN(CC1CCCO1)C(CN)c1ccc(F)c(C)c1. The van der Waals surface area contributed by atoms with E-state index in [1.165, 1.54) is 6.07 Å². The lowest BCUT2D eigenvalue weighted by molar-refractivity contribution is 0.0601. The molecule has 0 radical (unpaired) electrons. The van der Waals surface area contributed by atoms with Crippen LogP contribution in [0.1, 0.15) is 36.9 Å². The molecular weight excluding hydrogens is 255 g/mol. The Kier molecular flexibility index (Phi) is 5.52. The summed E-state index contributed by atoms with van der Waals surface area (Å²) in [5.41, 5.74) is 7.73. The van der Waals surface area contributed by atoms with Crippen LogP contribution in [0.4, 0.5) is 4.39 Å². The van der Waals surface area contributed by atoms with Gasteiger partial charge in [0.2, 0.25) is 0 Å². The van der Waals surface area contributed by atoms with Crippen LogP contribution in [0.5, 0.6) is 0 Å². The fourth-order valence-electron chi connectivity index (χ4n) is 2.90. The van der Waals surface area contributed by atoms with Crippen LogP contribution in [0.25, 0.3) is 0 Å². The van der Waals surface area contributed by atoms with Gasteiger partial charge in [0, 0.05) is 25.7 Å². The number of hydrogen-bond donors (Lipinski definition) is 1. The molecule has 20 heavy (non-hydrogen) atoms. The highest BCUT2D eigenvalue weighted by Gasteiger charge is 2.24. The Morgan fingerprint density at radius 3 is 2.85 bits per heavy atom. The van der Waals surface area contributed by atoms with Crippen LogP contribution >= 0.6 is 0 Å². The molecule has 0 saturated carbocycles. The first-order chi connectivity index (χ1) is 9.65. The van der Waals surface area contributed by atoms with Gasteiger partial charge < -0.3 is 10.5 Å². The van der Waals surface area contributed by atoms with Gasteiger partial charge in [0.1, 0.15) is 5.82 Å². The molecule has 3 nitrogen and oxygen atoms in total. The fraction of sp³-hybridized carbons (Fsp3) is 0.625. The van der Waals surface area contributed by atoms with E-state index < -0.39 is 0 Å².